The first-order valence-corrected chi connectivity index (χ1v) is 11.4. The van der Waals surface area contributed by atoms with Gasteiger partial charge in [0, 0.05) is 12.0 Å². The van der Waals surface area contributed by atoms with E-state index >= 15 is 0 Å². The maximum absolute atomic E-state index is 11.9. The van der Waals surface area contributed by atoms with Gasteiger partial charge in [-0.25, -0.2) is 9.97 Å². The lowest BCUT2D eigenvalue weighted by atomic mass is 10.1. The van der Waals surface area contributed by atoms with Crippen molar-refractivity contribution in [2.75, 3.05) is 6.61 Å². The topological polar surface area (TPSA) is 61.3 Å². The lowest BCUT2D eigenvalue weighted by Crippen LogP contribution is -2.11. The molecule has 5 nitrogen and oxygen atoms in total. The van der Waals surface area contributed by atoms with Gasteiger partial charge in [-0.15, -0.1) is 0 Å². The fourth-order valence-electron chi connectivity index (χ4n) is 3.06. The Kier molecular flexibility index (Phi) is 10.9. The molecule has 0 amide bonds. The third-order valence-electron chi connectivity index (χ3n) is 5.20. The van der Waals surface area contributed by atoms with Crippen LogP contribution in [-0.4, -0.2) is 22.5 Å². The van der Waals surface area contributed by atoms with Gasteiger partial charge in [0.25, 0.3) is 0 Å². The largest absolute Gasteiger partial charge is 0.490 e. The molecule has 30 heavy (non-hydrogen) atoms. The molecular weight excluding hydrogens is 376 g/mol. The molecule has 164 valence electrons. The fraction of sp³-hybridized carbons (Fsp3) is 0.560. The van der Waals surface area contributed by atoms with E-state index in [1.54, 1.807) is 24.5 Å². The maximum atomic E-state index is 11.9. The Morgan fingerprint density at radius 1 is 0.900 bits per heavy atom. The maximum Gasteiger partial charge on any atom is 0.311 e. The number of carbonyl (C=O) groups is 1. The van der Waals surface area contributed by atoms with Crippen molar-refractivity contribution in [2.24, 2.45) is 5.92 Å². The van der Waals surface area contributed by atoms with Crippen molar-refractivity contribution in [3.63, 3.8) is 0 Å². The van der Waals surface area contributed by atoms with Gasteiger partial charge < -0.3 is 9.47 Å². The summed E-state index contributed by atoms with van der Waals surface area (Å²) in [4.78, 5) is 20.7. The van der Waals surface area contributed by atoms with Gasteiger partial charge in [0.2, 0.25) is 0 Å². The Labute approximate surface area is 181 Å². The summed E-state index contributed by atoms with van der Waals surface area (Å²) in [5.74, 6) is 1.99. The number of aromatic nitrogens is 2. The summed E-state index contributed by atoms with van der Waals surface area (Å²) in [5.41, 5.74) is 0.871. The normalized spacial score (nSPS) is 11.8. The fourth-order valence-corrected chi connectivity index (χ4v) is 3.06. The van der Waals surface area contributed by atoms with Crippen LogP contribution in [0.2, 0.25) is 0 Å². The number of nitrogens with zero attached hydrogens (tertiary/aromatic N) is 2. The highest BCUT2D eigenvalue weighted by molar-refractivity contribution is 5.72. The molecular formula is C25H36N2O3. The first-order chi connectivity index (χ1) is 14.6. The predicted octanol–water partition coefficient (Wildman–Crippen LogP) is 6.61. The summed E-state index contributed by atoms with van der Waals surface area (Å²) in [7, 11) is 0. The first kappa shape index (κ1) is 23.8. The van der Waals surface area contributed by atoms with Crippen LogP contribution in [0.5, 0.6) is 11.5 Å². The van der Waals surface area contributed by atoms with Gasteiger partial charge in [0.05, 0.1) is 19.0 Å². The molecule has 0 N–H and O–H groups in total. The van der Waals surface area contributed by atoms with Gasteiger partial charge in [-0.2, -0.15) is 0 Å². The number of esters is 1. The summed E-state index contributed by atoms with van der Waals surface area (Å²) >= 11 is 0. The van der Waals surface area contributed by atoms with Crippen molar-refractivity contribution in [3.8, 4) is 22.9 Å². The molecule has 0 saturated carbocycles. The minimum absolute atomic E-state index is 0.198. The van der Waals surface area contributed by atoms with Crippen LogP contribution in [0, 0.1) is 5.92 Å². The van der Waals surface area contributed by atoms with Crippen LogP contribution in [0.15, 0.2) is 36.7 Å². The van der Waals surface area contributed by atoms with Crippen LogP contribution in [0.25, 0.3) is 11.4 Å². The molecule has 1 unspecified atom stereocenters. The van der Waals surface area contributed by atoms with Gasteiger partial charge in [0.15, 0.2) is 11.6 Å². The van der Waals surface area contributed by atoms with E-state index in [2.05, 4.69) is 23.8 Å². The van der Waals surface area contributed by atoms with Crippen LogP contribution in [0.3, 0.4) is 0 Å². The molecule has 0 radical (unpaired) electrons. The Bertz CT molecular complexity index is 729. The zero-order chi connectivity index (χ0) is 21.6. The molecule has 0 aliphatic carbocycles. The Morgan fingerprint density at radius 3 is 2.17 bits per heavy atom. The quantitative estimate of drug-likeness (QED) is 0.198. The highest BCUT2D eigenvalue weighted by Crippen LogP contribution is 2.21. The molecule has 0 spiro atoms. The van der Waals surface area contributed by atoms with Crippen LogP contribution in [0.4, 0.5) is 0 Å². The molecule has 0 bridgehead atoms. The highest BCUT2D eigenvalue weighted by Gasteiger charge is 2.10. The number of rotatable bonds is 14. The van der Waals surface area contributed by atoms with E-state index in [0.717, 1.165) is 18.4 Å². The number of ether oxygens (including phenoxy) is 2. The summed E-state index contributed by atoms with van der Waals surface area (Å²) in [6.45, 7) is 7.05. The highest BCUT2D eigenvalue weighted by atomic mass is 16.5. The van der Waals surface area contributed by atoms with Crippen molar-refractivity contribution in [1.29, 1.82) is 0 Å². The van der Waals surface area contributed by atoms with Gasteiger partial charge in [0.1, 0.15) is 5.75 Å². The van der Waals surface area contributed by atoms with Crippen LogP contribution in [0.1, 0.15) is 78.6 Å². The smallest absolute Gasteiger partial charge is 0.311 e. The van der Waals surface area contributed by atoms with E-state index in [-0.39, 0.29) is 5.97 Å². The molecule has 2 aromatic rings. The molecule has 0 aliphatic rings. The molecule has 5 heteroatoms. The third-order valence-corrected chi connectivity index (χ3v) is 5.20. The third kappa shape index (κ3) is 8.93. The van der Waals surface area contributed by atoms with Crippen LogP contribution >= 0.6 is 0 Å². The van der Waals surface area contributed by atoms with Gasteiger partial charge >= 0.3 is 5.97 Å². The molecule has 0 saturated heterocycles. The molecule has 1 aromatic carbocycles. The SMILES string of the molecule is CCCCCCCCCOc1cnc(-c2ccc(OC(=O)CC(C)CC)cc2)nc1. The lowest BCUT2D eigenvalue weighted by Gasteiger charge is -2.09. The molecule has 2 rings (SSSR count). The first-order valence-electron chi connectivity index (χ1n) is 11.4. The second-order valence-electron chi connectivity index (χ2n) is 7.93. The number of unbranched alkanes of at least 4 members (excludes halogenated alkanes) is 6. The summed E-state index contributed by atoms with van der Waals surface area (Å²) in [6.07, 6.45) is 13.7. The summed E-state index contributed by atoms with van der Waals surface area (Å²) in [6, 6.07) is 7.27. The molecule has 1 heterocycles. The van der Waals surface area contributed by atoms with Gasteiger partial charge in [-0.1, -0.05) is 65.7 Å². The van der Waals surface area contributed by atoms with Crippen molar-refractivity contribution in [3.05, 3.63) is 36.7 Å². The number of carbonyl (C=O) groups excluding carboxylic acids is 1. The van der Waals surface area contributed by atoms with E-state index in [1.807, 2.05) is 19.1 Å². The van der Waals surface area contributed by atoms with Crippen LogP contribution in [-0.2, 0) is 4.79 Å². The van der Waals surface area contributed by atoms with Crippen LogP contribution < -0.4 is 9.47 Å². The second-order valence-corrected chi connectivity index (χ2v) is 7.93. The standard InChI is InChI=1S/C25H36N2O3/c1-4-6-7-8-9-10-11-16-29-23-18-26-25(27-19-23)21-12-14-22(15-13-21)30-24(28)17-20(3)5-2/h12-15,18-20H,4-11,16-17H2,1-3H3. The van der Waals surface area contributed by atoms with Gasteiger partial charge in [-0.05, 0) is 36.6 Å². The summed E-state index contributed by atoms with van der Waals surface area (Å²) < 4.78 is 11.1. The second kappa shape index (κ2) is 13.7. The molecule has 0 aliphatic heterocycles. The van der Waals surface area contributed by atoms with E-state index in [4.69, 9.17) is 9.47 Å². The Hall–Kier alpha value is -2.43. The average Bonchev–Trinajstić information content (AvgIpc) is 2.76. The Balaban J connectivity index is 1.74. The van der Waals surface area contributed by atoms with Crippen molar-refractivity contribution >= 4 is 5.97 Å². The van der Waals surface area contributed by atoms with E-state index < -0.39 is 0 Å². The van der Waals surface area contributed by atoms with Crippen molar-refractivity contribution in [2.45, 2.75) is 78.6 Å². The van der Waals surface area contributed by atoms with E-state index in [9.17, 15) is 4.79 Å². The zero-order valence-electron chi connectivity index (χ0n) is 18.7. The zero-order valence-corrected chi connectivity index (χ0v) is 18.7. The average molecular weight is 413 g/mol. The number of hydrogen-bond donors (Lipinski definition) is 0. The predicted molar refractivity (Wildman–Crippen MR) is 121 cm³/mol. The molecule has 0 fully saturated rings. The number of hydrogen-bond acceptors (Lipinski definition) is 5. The Morgan fingerprint density at radius 2 is 1.53 bits per heavy atom. The van der Waals surface area contributed by atoms with E-state index in [0.29, 0.717) is 36.3 Å². The molecule has 1 atom stereocenters. The minimum Gasteiger partial charge on any atom is -0.490 e. The van der Waals surface area contributed by atoms with Gasteiger partial charge in [-0.3, -0.25) is 4.79 Å². The summed E-state index contributed by atoms with van der Waals surface area (Å²) in [5, 5.41) is 0. The monoisotopic (exact) mass is 412 g/mol. The van der Waals surface area contributed by atoms with Crippen molar-refractivity contribution < 1.29 is 14.3 Å². The number of benzene rings is 1. The minimum atomic E-state index is -0.198. The lowest BCUT2D eigenvalue weighted by molar-refractivity contribution is -0.135. The van der Waals surface area contributed by atoms with E-state index in [1.165, 1.54) is 38.5 Å². The van der Waals surface area contributed by atoms with Crippen molar-refractivity contribution in [1.82, 2.24) is 9.97 Å². The molecule has 1 aromatic heterocycles.